The van der Waals surface area contributed by atoms with Crippen LogP contribution < -0.4 is 21.5 Å². The van der Waals surface area contributed by atoms with E-state index in [2.05, 4.69) is 26.3 Å². The number of aliphatic hydroxyl groups excluding tert-OH is 1. The van der Waals surface area contributed by atoms with E-state index in [0.717, 1.165) is 24.0 Å². The minimum absolute atomic E-state index is 0.0133. The van der Waals surface area contributed by atoms with Gasteiger partial charge in [-0.05, 0) is 37.5 Å². The molecule has 1 aromatic carbocycles. The molecule has 11 heteroatoms. The summed E-state index contributed by atoms with van der Waals surface area (Å²) in [4.78, 5) is 17.6. The number of hydrogen-bond acceptors (Lipinski definition) is 10. The van der Waals surface area contributed by atoms with Crippen LogP contribution in [0.25, 0.3) is 11.1 Å². The number of anilines is 1. The number of aromatic nitrogens is 2. The minimum Gasteiger partial charge on any atom is -0.487 e. The van der Waals surface area contributed by atoms with E-state index < -0.39 is 0 Å². The molecule has 6 N–H and O–H groups in total. The van der Waals surface area contributed by atoms with E-state index >= 15 is 0 Å². The third kappa shape index (κ3) is 8.74. The second kappa shape index (κ2) is 15.2. The van der Waals surface area contributed by atoms with Crippen molar-refractivity contribution in [3.05, 3.63) is 47.7 Å². The number of benzene rings is 1. The molecule has 202 valence electrons. The van der Waals surface area contributed by atoms with Crippen LogP contribution in [0.1, 0.15) is 51.0 Å². The van der Waals surface area contributed by atoms with Gasteiger partial charge in [0.15, 0.2) is 0 Å². The number of nitrogens with one attached hydrogen (secondary N) is 1. The number of nitrogens with two attached hydrogens (primary N) is 2. The van der Waals surface area contributed by atoms with E-state index in [4.69, 9.17) is 31.0 Å². The maximum absolute atomic E-state index is 9.47. The first-order valence-electron chi connectivity index (χ1n) is 12.8. The Morgan fingerprint density at radius 1 is 1.26 bits per heavy atom. The van der Waals surface area contributed by atoms with Crippen molar-refractivity contribution in [2.45, 2.75) is 57.6 Å². The molecule has 0 unspecified atom stereocenters. The Hall–Kier alpha value is -4.17. The quantitative estimate of drug-likeness (QED) is 0.134. The SMILES string of the molecule is C[C@@H](CN=CN)Oc1cc(-c2cnc(N/C(C=NC3CCCCC3)=C(/N)OCCCO)nc2)ccc1C#N. The van der Waals surface area contributed by atoms with Crippen molar-refractivity contribution in [2.24, 2.45) is 21.5 Å². The maximum Gasteiger partial charge on any atom is 0.227 e. The van der Waals surface area contributed by atoms with Gasteiger partial charge in [0.25, 0.3) is 0 Å². The molecule has 1 fully saturated rings. The molecule has 1 heterocycles. The Bertz CT molecular complexity index is 1150. The van der Waals surface area contributed by atoms with Crippen LogP contribution in [0.2, 0.25) is 0 Å². The summed E-state index contributed by atoms with van der Waals surface area (Å²) in [5, 5.41) is 21.6. The summed E-state index contributed by atoms with van der Waals surface area (Å²) in [5.74, 6) is 0.933. The van der Waals surface area contributed by atoms with Gasteiger partial charge in [0, 0.05) is 31.0 Å². The molecule has 0 aliphatic heterocycles. The minimum atomic E-state index is -0.259. The van der Waals surface area contributed by atoms with Gasteiger partial charge >= 0.3 is 0 Å². The molecule has 0 bridgehead atoms. The molecule has 1 atom stereocenters. The van der Waals surface area contributed by atoms with E-state index in [1.165, 1.54) is 25.6 Å². The summed E-state index contributed by atoms with van der Waals surface area (Å²) in [5.41, 5.74) is 13.9. The van der Waals surface area contributed by atoms with Gasteiger partial charge in [0.1, 0.15) is 23.6 Å². The summed E-state index contributed by atoms with van der Waals surface area (Å²) < 4.78 is 11.5. The summed E-state index contributed by atoms with van der Waals surface area (Å²) in [6, 6.07) is 7.69. The highest BCUT2D eigenvalue weighted by molar-refractivity contribution is 5.83. The molecule has 1 aromatic heterocycles. The average molecular weight is 521 g/mol. The molecule has 0 spiro atoms. The van der Waals surface area contributed by atoms with Crippen LogP contribution >= 0.6 is 0 Å². The molecule has 3 rings (SSSR count). The van der Waals surface area contributed by atoms with Crippen LogP contribution in [-0.2, 0) is 4.74 Å². The van der Waals surface area contributed by atoms with Crippen molar-refractivity contribution in [2.75, 3.05) is 25.1 Å². The monoisotopic (exact) mass is 520 g/mol. The molecule has 1 aliphatic rings. The fourth-order valence-corrected chi connectivity index (χ4v) is 3.91. The first kappa shape index (κ1) is 28.4. The second-order valence-electron chi connectivity index (χ2n) is 8.96. The number of allylic oxidation sites excluding steroid dienone is 1. The molecule has 1 aliphatic carbocycles. The Balaban J connectivity index is 1.77. The van der Waals surface area contributed by atoms with Gasteiger partial charge in [0.05, 0.1) is 37.3 Å². The zero-order chi connectivity index (χ0) is 27.2. The number of aliphatic hydroxyl groups is 1. The highest BCUT2D eigenvalue weighted by Crippen LogP contribution is 2.28. The summed E-state index contributed by atoms with van der Waals surface area (Å²) >= 11 is 0. The van der Waals surface area contributed by atoms with Crippen LogP contribution in [0.5, 0.6) is 5.75 Å². The van der Waals surface area contributed by atoms with Gasteiger partial charge in [-0.1, -0.05) is 25.3 Å². The number of nitrogens with zero attached hydrogens (tertiary/aromatic N) is 5. The Kier molecular flexibility index (Phi) is 11.3. The Morgan fingerprint density at radius 3 is 2.71 bits per heavy atom. The summed E-state index contributed by atoms with van der Waals surface area (Å²) in [6.07, 6.45) is 12.1. The van der Waals surface area contributed by atoms with Crippen LogP contribution in [0, 0.1) is 11.3 Å². The van der Waals surface area contributed by atoms with Gasteiger partial charge in [-0.3, -0.25) is 9.98 Å². The molecule has 11 nitrogen and oxygen atoms in total. The predicted octanol–water partition coefficient (Wildman–Crippen LogP) is 3.11. The lowest BCUT2D eigenvalue weighted by atomic mass is 9.96. The zero-order valence-corrected chi connectivity index (χ0v) is 21.7. The highest BCUT2D eigenvalue weighted by atomic mass is 16.5. The van der Waals surface area contributed by atoms with Gasteiger partial charge in [-0.15, -0.1) is 0 Å². The van der Waals surface area contributed by atoms with Crippen molar-refractivity contribution in [3.8, 4) is 22.9 Å². The number of ether oxygens (including phenoxy) is 2. The fourth-order valence-electron chi connectivity index (χ4n) is 3.91. The fraction of sp³-hybridized carbons (Fsp3) is 0.444. The number of hydrogen-bond donors (Lipinski definition) is 4. The third-order valence-electron chi connectivity index (χ3n) is 5.94. The van der Waals surface area contributed by atoms with Gasteiger partial charge in [-0.2, -0.15) is 5.26 Å². The smallest absolute Gasteiger partial charge is 0.227 e. The number of rotatable bonds is 13. The van der Waals surface area contributed by atoms with E-state index in [-0.39, 0.29) is 31.2 Å². The highest BCUT2D eigenvalue weighted by Gasteiger charge is 2.14. The van der Waals surface area contributed by atoms with Crippen molar-refractivity contribution in [1.29, 1.82) is 5.26 Å². The molecular formula is C27H36N8O3. The third-order valence-corrected chi connectivity index (χ3v) is 5.94. The zero-order valence-electron chi connectivity index (χ0n) is 21.7. The van der Waals surface area contributed by atoms with Crippen LogP contribution in [-0.4, -0.2) is 59.5 Å². The van der Waals surface area contributed by atoms with Crippen LogP contribution in [0.3, 0.4) is 0 Å². The molecule has 2 aromatic rings. The predicted molar refractivity (Wildman–Crippen MR) is 148 cm³/mol. The maximum atomic E-state index is 9.47. The number of aliphatic imine (C=N–C) groups is 2. The lowest BCUT2D eigenvalue weighted by Crippen LogP contribution is -2.17. The molecule has 38 heavy (non-hydrogen) atoms. The Morgan fingerprint density at radius 2 is 2.03 bits per heavy atom. The van der Waals surface area contributed by atoms with Gasteiger partial charge in [0.2, 0.25) is 11.8 Å². The molecule has 0 amide bonds. The molecular weight excluding hydrogens is 484 g/mol. The van der Waals surface area contributed by atoms with Crippen molar-refractivity contribution < 1.29 is 14.6 Å². The van der Waals surface area contributed by atoms with Crippen LogP contribution in [0.15, 0.2) is 52.2 Å². The van der Waals surface area contributed by atoms with Gasteiger partial charge in [-0.25, -0.2) is 9.97 Å². The van der Waals surface area contributed by atoms with Crippen LogP contribution in [0.4, 0.5) is 5.95 Å². The Labute approximate surface area is 223 Å². The number of nitriles is 1. The van der Waals surface area contributed by atoms with E-state index in [0.29, 0.717) is 35.9 Å². The van der Waals surface area contributed by atoms with E-state index in [9.17, 15) is 5.26 Å². The van der Waals surface area contributed by atoms with Crippen molar-refractivity contribution >= 4 is 18.5 Å². The summed E-state index contributed by atoms with van der Waals surface area (Å²) in [6.45, 7) is 2.53. The average Bonchev–Trinajstić information content (AvgIpc) is 2.95. The topological polar surface area (TPSA) is 177 Å². The summed E-state index contributed by atoms with van der Waals surface area (Å²) in [7, 11) is 0. The first-order valence-corrected chi connectivity index (χ1v) is 12.8. The first-order chi connectivity index (χ1) is 18.5. The van der Waals surface area contributed by atoms with Crippen molar-refractivity contribution in [3.63, 3.8) is 0 Å². The largest absolute Gasteiger partial charge is 0.487 e. The van der Waals surface area contributed by atoms with E-state index in [1.807, 2.05) is 13.0 Å². The second-order valence-corrected chi connectivity index (χ2v) is 8.96. The standard InChI is InChI=1S/C27H36N8O3/c1-19(14-31-18-29)38-25-12-20(8-9-21(25)13-28)22-15-33-27(34-16-22)35-24(26(30)37-11-5-10-36)17-32-23-6-3-2-4-7-23/h8-9,12,15-19,23,36H,2-7,10-11,14,30H2,1H3,(H2,29,31)(H,33,34,35)/b26-24-,32-17?/t19-/m0/s1. The van der Waals surface area contributed by atoms with Gasteiger partial charge < -0.3 is 31.4 Å². The lowest BCUT2D eigenvalue weighted by Gasteiger charge is -2.18. The molecule has 0 saturated heterocycles. The lowest BCUT2D eigenvalue weighted by molar-refractivity contribution is 0.173. The van der Waals surface area contributed by atoms with Crippen molar-refractivity contribution in [1.82, 2.24) is 9.97 Å². The molecule has 0 radical (unpaired) electrons. The molecule has 1 saturated carbocycles. The normalized spacial score (nSPS) is 15.7. The van der Waals surface area contributed by atoms with E-state index in [1.54, 1.807) is 30.7 Å².